The fourth-order valence-corrected chi connectivity index (χ4v) is 2.58. The zero-order chi connectivity index (χ0) is 16.4. The highest BCUT2D eigenvalue weighted by Crippen LogP contribution is 2.25. The van der Waals surface area contributed by atoms with Gasteiger partial charge in [-0.3, -0.25) is 4.79 Å². The normalized spacial score (nSPS) is 15.9. The third kappa shape index (κ3) is 2.93. The summed E-state index contributed by atoms with van der Waals surface area (Å²) in [5.41, 5.74) is 1.19. The van der Waals surface area contributed by atoms with E-state index >= 15 is 0 Å². The van der Waals surface area contributed by atoms with Crippen molar-refractivity contribution >= 4 is 35.0 Å². The van der Waals surface area contributed by atoms with Crippen LogP contribution in [0.15, 0.2) is 54.2 Å². The molecule has 2 aromatic rings. The summed E-state index contributed by atoms with van der Waals surface area (Å²) in [6, 6.07) is 13.3. The minimum Gasteiger partial charge on any atom is -0.497 e. The Morgan fingerprint density at radius 3 is 2.74 bits per heavy atom. The lowest BCUT2D eigenvalue weighted by Crippen LogP contribution is -2.31. The van der Waals surface area contributed by atoms with Crippen molar-refractivity contribution in [2.24, 2.45) is 0 Å². The second-order valence-corrected chi connectivity index (χ2v) is 5.24. The fourth-order valence-electron chi connectivity index (χ4n) is 2.28. The summed E-state index contributed by atoms with van der Waals surface area (Å²) < 4.78 is 19.1. The topological polar surface area (TPSA) is 41.6 Å². The number of amides is 1. The van der Waals surface area contributed by atoms with Gasteiger partial charge in [-0.15, -0.1) is 0 Å². The highest BCUT2D eigenvalue weighted by Gasteiger charge is 2.33. The van der Waals surface area contributed by atoms with Crippen LogP contribution < -0.4 is 15.0 Å². The summed E-state index contributed by atoms with van der Waals surface area (Å²) >= 11 is 5.16. The maximum absolute atomic E-state index is 13.9. The first-order valence-corrected chi connectivity index (χ1v) is 7.26. The lowest BCUT2D eigenvalue weighted by atomic mass is 10.2. The number of thiocarbonyl (C=S) groups is 1. The molecule has 116 valence electrons. The molecule has 1 amide bonds. The number of benzene rings is 2. The molecule has 0 spiro atoms. The number of anilines is 1. The van der Waals surface area contributed by atoms with Gasteiger partial charge in [-0.05, 0) is 48.1 Å². The SMILES string of the molecule is COc1cccc(/C=C2\NC(=S)N(c3ccccc3F)C2=O)c1. The highest BCUT2D eigenvalue weighted by atomic mass is 32.1. The second-order valence-electron chi connectivity index (χ2n) is 4.86. The Morgan fingerprint density at radius 1 is 1.22 bits per heavy atom. The van der Waals surface area contributed by atoms with E-state index in [2.05, 4.69) is 5.32 Å². The van der Waals surface area contributed by atoms with Gasteiger partial charge in [-0.1, -0.05) is 24.3 Å². The molecule has 1 N–H and O–H groups in total. The molecule has 1 fully saturated rings. The van der Waals surface area contributed by atoms with Crippen molar-refractivity contribution < 1.29 is 13.9 Å². The van der Waals surface area contributed by atoms with Crippen molar-refractivity contribution in [1.29, 1.82) is 0 Å². The van der Waals surface area contributed by atoms with E-state index in [0.717, 1.165) is 10.5 Å². The first-order chi connectivity index (χ1) is 11.1. The van der Waals surface area contributed by atoms with Crippen molar-refractivity contribution in [2.75, 3.05) is 12.0 Å². The van der Waals surface area contributed by atoms with Crippen LogP contribution in [0.3, 0.4) is 0 Å². The molecular formula is C17H13FN2O2S. The molecule has 0 saturated carbocycles. The molecule has 0 aromatic heterocycles. The molecule has 23 heavy (non-hydrogen) atoms. The predicted molar refractivity (Wildman–Crippen MR) is 90.6 cm³/mol. The summed E-state index contributed by atoms with van der Waals surface area (Å²) in [6.45, 7) is 0. The van der Waals surface area contributed by atoms with Gasteiger partial charge in [0.2, 0.25) is 0 Å². The molecular weight excluding hydrogens is 315 g/mol. The Balaban J connectivity index is 1.95. The van der Waals surface area contributed by atoms with E-state index in [9.17, 15) is 9.18 Å². The van der Waals surface area contributed by atoms with E-state index in [1.807, 2.05) is 18.2 Å². The van der Waals surface area contributed by atoms with Crippen molar-refractivity contribution in [3.63, 3.8) is 0 Å². The van der Waals surface area contributed by atoms with Crippen LogP contribution in [-0.4, -0.2) is 18.1 Å². The van der Waals surface area contributed by atoms with Gasteiger partial charge in [-0.2, -0.15) is 0 Å². The molecule has 0 bridgehead atoms. The number of hydrogen-bond donors (Lipinski definition) is 1. The first-order valence-electron chi connectivity index (χ1n) is 6.86. The van der Waals surface area contributed by atoms with E-state index in [-0.39, 0.29) is 16.5 Å². The predicted octanol–water partition coefficient (Wildman–Crippen LogP) is 3.10. The summed E-state index contributed by atoms with van der Waals surface area (Å²) in [5.74, 6) is -0.228. The van der Waals surface area contributed by atoms with Gasteiger partial charge in [0.1, 0.15) is 17.3 Å². The van der Waals surface area contributed by atoms with Crippen LogP contribution in [0, 0.1) is 5.82 Å². The number of carbonyl (C=O) groups is 1. The largest absolute Gasteiger partial charge is 0.497 e. The van der Waals surface area contributed by atoms with E-state index < -0.39 is 11.7 Å². The average molecular weight is 328 g/mol. The Labute approximate surface area is 138 Å². The lowest BCUT2D eigenvalue weighted by molar-refractivity contribution is -0.113. The van der Waals surface area contributed by atoms with Crippen LogP contribution in [0.4, 0.5) is 10.1 Å². The number of halogens is 1. The maximum Gasteiger partial charge on any atom is 0.281 e. The molecule has 3 rings (SSSR count). The molecule has 2 aromatic carbocycles. The average Bonchev–Trinajstić information content (AvgIpc) is 2.82. The molecule has 1 aliphatic heterocycles. The van der Waals surface area contributed by atoms with Gasteiger partial charge in [-0.25, -0.2) is 9.29 Å². The summed E-state index contributed by atoms with van der Waals surface area (Å²) in [7, 11) is 1.57. The second kappa shape index (κ2) is 6.18. The van der Waals surface area contributed by atoms with Gasteiger partial charge in [0, 0.05) is 0 Å². The van der Waals surface area contributed by atoms with Gasteiger partial charge < -0.3 is 10.1 Å². The number of nitrogens with one attached hydrogen (secondary N) is 1. The van der Waals surface area contributed by atoms with Crippen molar-refractivity contribution in [3.8, 4) is 5.75 Å². The number of para-hydroxylation sites is 1. The highest BCUT2D eigenvalue weighted by molar-refractivity contribution is 7.80. The molecule has 1 heterocycles. The molecule has 0 aliphatic carbocycles. The van der Waals surface area contributed by atoms with Crippen LogP contribution in [0.5, 0.6) is 5.75 Å². The minimum absolute atomic E-state index is 0.129. The Morgan fingerprint density at radius 2 is 2.00 bits per heavy atom. The molecule has 4 nitrogen and oxygen atoms in total. The molecule has 1 saturated heterocycles. The van der Waals surface area contributed by atoms with Gasteiger partial charge in [0.05, 0.1) is 12.8 Å². The van der Waals surface area contributed by atoms with Gasteiger partial charge >= 0.3 is 0 Å². The zero-order valence-electron chi connectivity index (χ0n) is 12.2. The molecule has 0 unspecified atom stereocenters. The van der Waals surface area contributed by atoms with Crippen LogP contribution in [0.2, 0.25) is 0 Å². The summed E-state index contributed by atoms with van der Waals surface area (Å²) in [4.78, 5) is 13.7. The number of rotatable bonds is 3. The summed E-state index contributed by atoms with van der Waals surface area (Å²) in [6.07, 6.45) is 1.65. The Bertz CT molecular complexity index is 820. The zero-order valence-corrected chi connectivity index (χ0v) is 13.1. The van der Waals surface area contributed by atoms with Crippen molar-refractivity contribution in [3.05, 3.63) is 65.6 Å². The number of ether oxygens (including phenoxy) is 1. The van der Waals surface area contributed by atoms with Crippen LogP contribution in [0.1, 0.15) is 5.56 Å². The van der Waals surface area contributed by atoms with E-state index in [0.29, 0.717) is 5.75 Å². The molecule has 6 heteroatoms. The smallest absolute Gasteiger partial charge is 0.281 e. The Hall–Kier alpha value is -2.73. The standard InChI is InChI=1S/C17H13FN2O2S/c1-22-12-6-4-5-11(9-12)10-14-16(21)20(17(23)19-14)15-8-3-2-7-13(15)18/h2-10H,1H3,(H,19,23)/b14-10-. The minimum atomic E-state index is -0.507. The van der Waals surface area contributed by atoms with Crippen LogP contribution in [-0.2, 0) is 4.79 Å². The molecule has 1 aliphatic rings. The number of hydrogen-bond acceptors (Lipinski definition) is 3. The van der Waals surface area contributed by atoms with Gasteiger partial charge in [0.15, 0.2) is 5.11 Å². The molecule has 0 radical (unpaired) electrons. The third-order valence-electron chi connectivity index (χ3n) is 3.38. The van der Waals surface area contributed by atoms with Crippen molar-refractivity contribution in [2.45, 2.75) is 0 Å². The third-order valence-corrected chi connectivity index (χ3v) is 3.66. The maximum atomic E-state index is 13.9. The summed E-state index contributed by atoms with van der Waals surface area (Å²) in [5, 5.41) is 2.97. The fraction of sp³-hybridized carbons (Fsp3) is 0.0588. The van der Waals surface area contributed by atoms with E-state index in [1.54, 1.807) is 31.4 Å². The Kier molecular flexibility index (Phi) is 4.08. The quantitative estimate of drug-likeness (QED) is 0.694. The number of carbonyl (C=O) groups excluding carboxylic acids is 1. The van der Waals surface area contributed by atoms with E-state index in [1.165, 1.54) is 12.1 Å². The lowest BCUT2D eigenvalue weighted by Gasteiger charge is -2.14. The first kappa shape index (κ1) is 15.2. The number of methoxy groups -OCH3 is 1. The monoisotopic (exact) mass is 328 g/mol. The van der Waals surface area contributed by atoms with Crippen molar-refractivity contribution in [1.82, 2.24) is 5.32 Å². The van der Waals surface area contributed by atoms with Crippen LogP contribution >= 0.6 is 12.2 Å². The number of nitrogens with zero attached hydrogens (tertiary/aromatic N) is 1. The van der Waals surface area contributed by atoms with Crippen LogP contribution in [0.25, 0.3) is 6.08 Å². The molecule has 0 atom stereocenters. The van der Waals surface area contributed by atoms with Gasteiger partial charge in [0.25, 0.3) is 5.91 Å². The van der Waals surface area contributed by atoms with E-state index in [4.69, 9.17) is 17.0 Å².